The van der Waals surface area contributed by atoms with Gasteiger partial charge in [0.15, 0.2) is 0 Å². The second-order valence-electron chi connectivity index (χ2n) is 10.1. The van der Waals surface area contributed by atoms with Crippen molar-refractivity contribution in [3.8, 4) is 6.07 Å². The molecule has 1 aromatic carbocycles. The number of alkyl halides is 1. The van der Waals surface area contributed by atoms with Gasteiger partial charge in [0.05, 0.1) is 6.07 Å². The van der Waals surface area contributed by atoms with Crippen molar-refractivity contribution in [3.05, 3.63) is 54.1 Å². The van der Waals surface area contributed by atoms with Crippen molar-refractivity contribution in [2.45, 2.75) is 45.0 Å². The van der Waals surface area contributed by atoms with Crippen LogP contribution in [0.2, 0.25) is 0 Å². The summed E-state index contributed by atoms with van der Waals surface area (Å²) >= 11 is 0. The molecule has 0 bridgehead atoms. The van der Waals surface area contributed by atoms with Crippen molar-refractivity contribution >= 4 is 11.7 Å². The van der Waals surface area contributed by atoms with Crippen LogP contribution in [-0.2, 0) is 4.74 Å². The van der Waals surface area contributed by atoms with Crippen LogP contribution in [0.5, 0.6) is 0 Å². The number of hydrogen-bond acceptors (Lipinski definition) is 5. The summed E-state index contributed by atoms with van der Waals surface area (Å²) in [6.07, 6.45) is 3.69. The third kappa shape index (κ3) is 6.89. The SMILES string of the molecule is CN1CCN(CC2(CC(C#N)NC(=O)OC(C)(C)C)C=CC(c3ccccc3)=CC2F)CC1. The molecule has 6 nitrogen and oxygen atoms in total. The van der Waals surface area contributed by atoms with Gasteiger partial charge in [-0.1, -0.05) is 42.5 Å². The molecule has 3 rings (SSSR count). The summed E-state index contributed by atoms with van der Waals surface area (Å²) in [4.78, 5) is 16.8. The minimum absolute atomic E-state index is 0.158. The number of hydrogen-bond donors (Lipinski definition) is 1. The van der Waals surface area contributed by atoms with E-state index in [2.05, 4.69) is 28.2 Å². The minimum atomic E-state index is -1.30. The maximum atomic E-state index is 16.0. The molecule has 0 aromatic heterocycles. The molecule has 1 N–H and O–H groups in total. The molecule has 3 unspecified atom stereocenters. The third-order valence-electron chi connectivity index (χ3n) is 6.12. The van der Waals surface area contributed by atoms with Gasteiger partial charge in [-0.15, -0.1) is 0 Å². The highest BCUT2D eigenvalue weighted by Crippen LogP contribution is 2.40. The molecule has 2 aliphatic rings. The molecule has 1 amide bonds. The van der Waals surface area contributed by atoms with E-state index in [1.54, 1.807) is 26.8 Å². The van der Waals surface area contributed by atoms with Crippen LogP contribution in [-0.4, -0.2) is 73.5 Å². The predicted octanol–water partition coefficient (Wildman–Crippen LogP) is 4.02. The number of nitrogens with zero attached hydrogens (tertiary/aromatic N) is 3. The molecule has 33 heavy (non-hydrogen) atoms. The number of ether oxygens (including phenoxy) is 1. The van der Waals surface area contributed by atoms with Gasteiger partial charge < -0.3 is 15.0 Å². The van der Waals surface area contributed by atoms with Gasteiger partial charge in [0, 0.05) is 38.1 Å². The molecule has 1 aromatic rings. The zero-order chi connectivity index (χ0) is 24.1. The molecule has 7 heteroatoms. The second kappa shape index (κ2) is 10.5. The minimum Gasteiger partial charge on any atom is -0.444 e. The first kappa shape index (κ1) is 24.9. The first-order valence-electron chi connectivity index (χ1n) is 11.5. The summed E-state index contributed by atoms with van der Waals surface area (Å²) in [7, 11) is 2.08. The normalized spacial score (nSPS) is 25.1. The number of nitrogens with one attached hydrogen (secondary N) is 1. The number of carbonyl (C=O) groups excluding carboxylic acids is 1. The van der Waals surface area contributed by atoms with Gasteiger partial charge in [0.2, 0.25) is 0 Å². The molecule has 1 aliphatic carbocycles. The van der Waals surface area contributed by atoms with Crippen LogP contribution in [0.25, 0.3) is 5.57 Å². The first-order chi connectivity index (χ1) is 15.6. The van der Waals surface area contributed by atoms with E-state index in [-0.39, 0.29) is 6.42 Å². The number of alkyl carbamates (subject to hydrolysis) is 1. The van der Waals surface area contributed by atoms with Crippen molar-refractivity contribution in [3.63, 3.8) is 0 Å². The molecule has 1 saturated heterocycles. The highest BCUT2D eigenvalue weighted by Gasteiger charge is 2.42. The van der Waals surface area contributed by atoms with E-state index >= 15 is 4.39 Å². The van der Waals surface area contributed by atoms with Crippen molar-refractivity contribution in [1.82, 2.24) is 15.1 Å². The molecular formula is C26H35FN4O2. The maximum Gasteiger partial charge on any atom is 0.408 e. The molecule has 0 radical (unpaired) electrons. The molecule has 0 spiro atoms. The Hall–Kier alpha value is -2.69. The van der Waals surface area contributed by atoms with E-state index in [1.807, 2.05) is 42.5 Å². The number of carbonyl (C=O) groups is 1. The molecule has 178 valence electrons. The zero-order valence-electron chi connectivity index (χ0n) is 20.1. The van der Waals surface area contributed by atoms with Gasteiger partial charge in [-0.2, -0.15) is 5.26 Å². The van der Waals surface area contributed by atoms with Gasteiger partial charge in [-0.3, -0.25) is 4.90 Å². The number of allylic oxidation sites excluding steroid dienone is 3. The van der Waals surface area contributed by atoms with Crippen LogP contribution < -0.4 is 5.32 Å². The zero-order valence-corrected chi connectivity index (χ0v) is 20.1. The highest BCUT2D eigenvalue weighted by atomic mass is 19.1. The van der Waals surface area contributed by atoms with Gasteiger partial charge in [-0.05, 0) is 51.5 Å². The highest BCUT2D eigenvalue weighted by molar-refractivity contribution is 5.76. The monoisotopic (exact) mass is 454 g/mol. The summed E-state index contributed by atoms with van der Waals surface area (Å²) in [5.74, 6) is 0. The van der Waals surface area contributed by atoms with Crippen LogP contribution in [0.15, 0.2) is 48.6 Å². The Bertz CT molecular complexity index is 910. The van der Waals surface area contributed by atoms with Gasteiger partial charge in [0.25, 0.3) is 0 Å². The topological polar surface area (TPSA) is 68.6 Å². The average molecular weight is 455 g/mol. The summed E-state index contributed by atoms with van der Waals surface area (Å²) in [5, 5.41) is 12.4. The van der Waals surface area contributed by atoms with E-state index in [1.165, 1.54) is 0 Å². The molecule has 0 saturated carbocycles. The van der Waals surface area contributed by atoms with Crippen molar-refractivity contribution in [1.29, 1.82) is 5.26 Å². The number of piperazine rings is 1. The number of nitriles is 1. The fourth-order valence-electron chi connectivity index (χ4n) is 4.32. The average Bonchev–Trinajstić information content (AvgIpc) is 2.76. The molecule has 3 atom stereocenters. The predicted molar refractivity (Wildman–Crippen MR) is 128 cm³/mol. The van der Waals surface area contributed by atoms with Crippen LogP contribution in [0.1, 0.15) is 32.8 Å². The van der Waals surface area contributed by atoms with Crippen LogP contribution in [0.3, 0.4) is 0 Å². The third-order valence-corrected chi connectivity index (χ3v) is 6.12. The van der Waals surface area contributed by atoms with E-state index in [0.717, 1.165) is 37.3 Å². The van der Waals surface area contributed by atoms with E-state index in [9.17, 15) is 10.1 Å². The second-order valence-corrected chi connectivity index (χ2v) is 10.1. The lowest BCUT2D eigenvalue weighted by Gasteiger charge is -2.43. The Kier molecular flexibility index (Phi) is 7.93. The fraction of sp³-hybridized carbons (Fsp3) is 0.538. The number of rotatable bonds is 6. The van der Waals surface area contributed by atoms with Gasteiger partial charge >= 0.3 is 6.09 Å². The van der Waals surface area contributed by atoms with Gasteiger partial charge in [-0.25, -0.2) is 9.18 Å². The number of amides is 1. The molecular weight excluding hydrogens is 419 g/mol. The first-order valence-corrected chi connectivity index (χ1v) is 11.5. The van der Waals surface area contributed by atoms with Gasteiger partial charge in [0.1, 0.15) is 17.8 Å². The molecule has 1 fully saturated rings. The lowest BCUT2D eigenvalue weighted by molar-refractivity contribution is 0.0468. The summed E-state index contributed by atoms with van der Waals surface area (Å²) in [6.45, 7) is 9.28. The molecule has 1 aliphatic heterocycles. The summed E-state index contributed by atoms with van der Waals surface area (Å²) in [6, 6.07) is 11.0. The lowest BCUT2D eigenvalue weighted by atomic mass is 9.72. The Labute approximate surface area is 196 Å². The fourth-order valence-corrected chi connectivity index (χ4v) is 4.32. The molecule has 1 heterocycles. The van der Waals surface area contributed by atoms with Crippen LogP contribution in [0, 0.1) is 16.7 Å². The van der Waals surface area contributed by atoms with Crippen molar-refractivity contribution in [2.24, 2.45) is 5.41 Å². The van der Waals surface area contributed by atoms with E-state index in [0.29, 0.717) is 6.54 Å². The Balaban J connectivity index is 1.82. The van der Waals surface area contributed by atoms with E-state index in [4.69, 9.17) is 4.74 Å². The van der Waals surface area contributed by atoms with E-state index < -0.39 is 29.3 Å². The Morgan fingerprint density at radius 3 is 2.52 bits per heavy atom. The summed E-state index contributed by atoms with van der Waals surface area (Å²) in [5.41, 5.74) is 0.172. The Morgan fingerprint density at radius 1 is 1.27 bits per heavy atom. The smallest absolute Gasteiger partial charge is 0.408 e. The standard InChI is InChI=1S/C26H35FN4O2/c1-25(2,3)33-24(32)29-22(18-28)17-26(19-31-14-12-30(4)13-15-31)11-10-21(16-23(26)27)20-8-6-5-7-9-20/h5-11,16,22-23H,12-15,17,19H2,1-4H3,(H,29,32). The number of likely N-dealkylation sites (N-methyl/N-ethyl adjacent to an activating group) is 1. The summed E-state index contributed by atoms with van der Waals surface area (Å²) < 4.78 is 21.3. The Morgan fingerprint density at radius 2 is 1.94 bits per heavy atom. The quantitative estimate of drug-likeness (QED) is 0.703. The van der Waals surface area contributed by atoms with Crippen molar-refractivity contribution in [2.75, 3.05) is 39.8 Å². The van der Waals surface area contributed by atoms with Crippen LogP contribution >= 0.6 is 0 Å². The maximum absolute atomic E-state index is 16.0. The van der Waals surface area contributed by atoms with Crippen molar-refractivity contribution < 1.29 is 13.9 Å². The largest absolute Gasteiger partial charge is 0.444 e. The lowest BCUT2D eigenvalue weighted by Crippen LogP contribution is -2.52. The number of benzene rings is 1. The number of halogens is 1. The van der Waals surface area contributed by atoms with Crippen LogP contribution in [0.4, 0.5) is 9.18 Å².